The molecule has 0 saturated carbocycles. The molecule has 116 valence electrons. The maximum atomic E-state index is 12.9. The van der Waals surface area contributed by atoms with E-state index < -0.39 is 23.5 Å². The van der Waals surface area contributed by atoms with E-state index in [1.165, 1.54) is 36.4 Å². The number of anilines is 1. The van der Waals surface area contributed by atoms with Crippen molar-refractivity contribution in [1.29, 1.82) is 0 Å². The van der Waals surface area contributed by atoms with E-state index >= 15 is 0 Å². The van der Waals surface area contributed by atoms with Gasteiger partial charge in [-0.1, -0.05) is 12.1 Å². The monoisotopic (exact) mass is 311 g/mol. The van der Waals surface area contributed by atoms with E-state index in [9.17, 15) is 18.0 Å². The summed E-state index contributed by atoms with van der Waals surface area (Å²) in [6, 6.07) is 8.72. The van der Waals surface area contributed by atoms with Gasteiger partial charge in [0.15, 0.2) is 0 Å². The van der Waals surface area contributed by atoms with Gasteiger partial charge in [0, 0.05) is 5.69 Å². The summed E-state index contributed by atoms with van der Waals surface area (Å²) in [5.74, 6) is -1.24. The Morgan fingerprint density at radius 1 is 1.09 bits per heavy atom. The molecule has 2 aromatic carbocycles. The highest BCUT2D eigenvalue weighted by Crippen LogP contribution is 2.38. The number of nitrogens with two attached hydrogens (primary N) is 1. The molecule has 2 N–H and O–H groups in total. The fourth-order valence-corrected chi connectivity index (χ4v) is 1.81. The van der Waals surface area contributed by atoms with E-state index in [1.807, 2.05) is 0 Å². The summed E-state index contributed by atoms with van der Waals surface area (Å²) in [6.07, 6.45) is -4.57. The molecule has 0 radical (unpaired) electrons. The number of halogens is 3. The number of benzene rings is 2. The molecule has 0 amide bonds. The van der Waals surface area contributed by atoms with Crippen LogP contribution < -0.4 is 10.5 Å². The number of rotatable bonds is 3. The van der Waals surface area contributed by atoms with Crippen molar-refractivity contribution >= 4 is 11.7 Å². The third-order valence-electron chi connectivity index (χ3n) is 2.82. The number of alkyl halides is 3. The SMILES string of the molecule is COC(=O)c1cc(N)ccc1Oc1ccccc1C(F)(F)F. The Hall–Kier alpha value is -2.70. The number of carbonyl (C=O) groups excluding carboxylic acids is 1. The second kappa shape index (κ2) is 5.97. The standard InChI is InChI=1S/C15H12F3NO3/c1-21-14(20)10-8-9(19)6-7-12(10)22-13-5-3-2-4-11(13)15(16,17)18/h2-8H,19H2,1H3. The number of hydrogen-bond acceptors (Lipinski definition) is 4. The van der Waals surface area contributed by atoms with Crippen LogP contribution in [0.1, 0.15) is 15.9 Å². The van der Waals surface area contributed by atoms with Gasteiger partial charge in [-0.3, -0.25) is 0 Å². The van der Waals surface area contributed by atoms with Crippen molar-refractivity contribution in [3.8, 4) is 11.5 Å². The zero-order valence-corrected chi connectivity index (χ0v) is 11.5. The van der Waals surface area contributed by atoms with Crippen molar-refractivity contribution in [2.45, 2.75) is 6.18 Å². The van der Waals surface area contributed by atoms with Gasteiger partial charge in [-0.2, -0.15) is 13.2 Å². The van der Waals surface area contributed by atoms with Gasteiger partial charge in [0.25, 0.3) is 0 Å². The lowest BCUT2D eigenvalue weighted by Crippen LogP contribution is -2.09. The fourth-order valence-electron chi connectivity index (χ4n) is 1.81. The molecule has 0 atom stereocenters. The highest BCUT2D eigenvalue weighted by Gasteiger charge is 2.34. The van der Waals surface area contributed by atoms with Gasteiger partial charge in [0.05, 0.1) is 12.7 Å². The van der Waals surface area contributed by atoms with Crippen LogP contribution in [0.25, 0.3) is 0 Å². The zero-order chi connectivity index (χ0) is 16.3. The highest BCUT2D eigenvalue weighted by atomic mass is 19.4. The van der Waals surface area contributed by atoms with E-state index in [1.54, 1.807) is 0 Å². The molecule has 2 rings (SSSR count). The lowest BCUT2D eigenvalue weighted by Gasteiger charge is -2.15. The summed E-state index contributed by atoms with van der Waals surface area (Å²) in [4.78, 5) is 11.7. The molecule has 0 bridgehead atoms. The fraction of sp³-hybridized carbons (Fsp3) is 0.133. The molecular weight excluding hydrogens is 299 g/mol. The number of esters is 1. The predicted octanol–water partition coefficient (Wildman–Crippen LogP) is 3.87. The second-order valence-corrected chi connectivity index (χ2v) is 4.34. The zero-order valence-electron chi connectivity index (χ0n) is 11.5. The minimum Gasteiger partial charge on any atom is -0.465 e. The Kier molecular flexibility index (Phi) is 4.25. The molecule has 0 spiro atoms. The topological polar surface area (TPSA) is 61.5 Å². The Morgan fingerprint density at radius 2 is 1.77 bits per heavy atom. The third-order valence-corrected chi connectivity index (χ3v) is 2.82. The predicted molar refractivity (Wildman–Crippen MR) is 73.7 cm³/mol. The summed E-state index contributed by atoms with van der Waals surface area (Å²) in [5, 5.41) is 0. The van der Waals surface area contributed by atoms with Crippen LogP contribution in [0.2, 0.25) is 0 Å². The van der Waals surface area contributed by atoms with Crippen LogP contribution in [-0.2, 0) is 10.9 Å². The minimum absolute atomic E-state index is 0.0560. The van der Waals surface area contributed by atoms with Gasteiger partial charge in [0.1, 0.15) is 17.1 Å². The Bertz CT molecular complexity index is 699. The molecule has 0 fully saturated rings. The second-order valence-electron chi connectivity index (χ2n) is 4.34. The van der Waals surface area contributed by atoms with E-state index in [0.717, 1.165) is 13.2 Å². The molecule has 0 aliphatic rings. The molecule has 0 aliphatic carbocycles. The van der Waals surface area contributed by atoms with Crippen LogP contribution >= 0.6 is 0 Å². The maximum absolute atomic E-state index is 12.9. The quantitative estimate of drug-likeness (QED) is 0.690. The molecule has 7 heteroatoms. The first kappa shape index (κ1) is 15.7. The number of nitrogen functional groups attached to an aromatic ring is 1. The first-order valence-corrected chi connectivity index (χ1v) is 6.15. The molecule has 4 nitrogen and oxygen atoms in total. The van der Waals surface area contributed by atoms with Crippen molar-refractivity contribution in [1.82, 2.24) is 0 Å². The average Bonchev–Trinajstić information content (AvgIpc) is 2.47. The van der Waals surface area contributed by atoms with Crippen molar-refractivity contribution in [3.63, 3.8) is 0 Å². The number of methoxy groups -OCH3 is 1. The lowest BCUT2D eigenvalue weighted by molar-refractivity contribution is -0.138. The maximum Gasteiger partial charge on any atom is 0.419 e. The summed E-state index contributed by atoms with van der Waals surface area (Å²) in [5.41, 5.74) is 4.83. The van der Waals surface area contributed by atoms with E-state index in [-0.39, 0.29) is 17.0 Å². The van der Waals surface area contributed by atoms with Gasteiger partial charge in [-0.15, -0.1) is 0 Å². The van der Waals surface area contributed by atoms with E-state index in [4.69, 9.17) is 10.5 Å². The molecular formula is C15H12F3NO3. The third kappa shape index (κ3) is 3.30. The van der Waals surface area contributed by atoms with Crippen LogP contribution in [0.15, 0.2) is 42.5 Å². The van der Waals surface area contributed by atoms with Crippen molar-refractivity contribution in [2.24, 2.45) is 0 Å². The van der Waals surface area contributed by atoms with Crippen molar-refractivity contribution in [2.75, 3.05) is 12.8 Å². The van der Waals surface area contributed by atoms with Crippen LogP contribution in [-0.4, -0.2) is 13.1 Å². The first-order chi connectivity index (χ1) is 10.3. The Balaban J connectivity index is 2.47. The van der Waals surface area contributed by atoms with Crippen LogP contribution in [0.4, 0.5) is 18.9 Å². The average molecular weight is 311 g/mol. The summed E-state index contributed by atoms with van der Waals surface area (Å²) in [6.45, 7) is 0. The molecule has 0 saturated heterocycles. The lowest BCUT2D eigenvalue weighted by atomic mass is 10.1. The molecule has 0 aromatic heterocycles. The van der Waals surface area contributed by atoms with Gasteiger partial charge < -0.3 is 15.2 Å². The number of para-hydroxylation sites is 1. The molecule has 0 unspecified atom stereocenters. The first-order valence-electron chi connectivity index (χ1n) is 6.15. The summed E-state index contributed by atoms with van der Waals surface area (Å²) in [7, 11) is 1.15. The highest BCUT2D eigenvalue weighted by molar-refractivity contribution is 5.93. The van der Waals surface area contributed by atoms with Gasteiger partial charge in [-0.05, 0) is 30.3 Å². The van der Waals surface area contributed by atoms with E-state index in [2.05, 4.69) is 4.74 Å². The van der Waals surface area contributed by atoms with Crippen molar-refractivity contribution < 1.29 is 27.4 Å². The number of hydrogen-bond donors (Lipinski definition) is 1. The van der Waals surface area contributed by atoms with Crippen LogP contribution in [0.3, 0.4) is 0 Å². The number of ether oxygens (including phenoxy) is 2. The number of carbonyl (C=O) groups is 1. The summed E-state index contributed by atoms with van der Waals surface area (Å²) < 4.78 is 48.7. The van der Waals surface area contributed by atoms with Crippen LogP contribution in [0.5, 0.6) is 11.5 Å². The van der Waals surface area contributed by atoms with Gasteiger partial charge >= 0.3 is 12.1 Å². The molecule has 22 heavy (non-hydrogen) atoms. The van der Waals surface area contributed by atoms with Crippen molar-refractivity contribution in [3.05, 3.63) is 53.6 Å². The Morgan fingerprint density at radius 3 is 2.41 bits per heavy atom. The molecule has 0 heterocycles. The molecule has 0 aliphatic heterocycles. The smallest absolute Gasteiger partial charge is 0.419 e. The molecule has 2 aromatic rings. The van der Waals surface area contributed by atoms with Gasteiger partial charge in [-0.25, -0.2) is 4.79 Å². The Labute approximate surface area is 124 Å². The largest absolute Gasteiger partial charge is 0.465 e. The minimum atomic E-state index is -4.57. The van der Waals surface area contributed by atoms with E-state index in [0.29, 0.717) is 0 Å². The summed E-state index contributed by atoms with van der Waals surface area (Å²) >= 11 is 0. The van der Waals surface area contributed by atoms with Gasteiger partial charge in [0.2, 0.25) is 0 Å². The van der Waals surface area contributed by atoms with Crippen LogP contribution in [0, 0.1) is 0 Å². The normalized spacial score (nSPS) is 11.1.